The number of hydrogen-bond donors (Lipinski definition) is 2. The molecule has 1 unspecified atom stereocenters. The van der Waals surface area contributed by atoms with Crippen LogP contribution in [0.5, 0.6) is 0 Å². The van der Waals surface area contributed by atoms with Crippen molar-refractivity contribution in [3.8, 4) is 0 Å². The molecule has 1 aliphatic carbocycles. The van der Waals surface area contributed by atoms with Crippen LogP contribution in [0.3, 0.4) is 0 Å². The van der Waals surface area contributed by atoms with Gasteiger partial charge in [0.1, 0.15) is 0 Å². The van der Waals surface area contributed by atoms with Crippen LogP contribution in [-0.2, 0) is 0 Å². The first-order valence-electron chi connectivity index (χ1n) is 7.14. The number of rotatable bonds is 8. The number of nitrogens with one attached hydrogen (secondary N) is 1. The second-order valence-corrected chi connectivity index (χ2v) is 5.74. The van der Waals surface area contributed by atoms with E-state index in [1.165, 1.54) is 45.1 Å². The predicted octanol–water partition coefficient (Wildman–Crippen LogP) is 2.78. The fourth-order valence-corrected chi connectivity index (χ4v) is 2.69. The molecule has 1 aliphatic rings. The van der Waals surface area contributed by atoms with Crippen LogP contribution in [0.15, 0.2) is 0 Å². The molecule has 1 saturated carbocycles. The van der Waals surface area contributed by atoms with Gasteiger partial charge in [0, 0.05) is 0 Å². The molecule has 0 bridgehead atoms. The molecule has 16 heavy (non-hydrogen) atoms. The van der Waals surface area contributed by atoms with Crippen molar-refractivity contribution < 1.29 is 0 Å². The van der Waals surface area contributed by atoms with Gasteiger partial charge in [0.05, 0.1) is 0 Å². The smallest absolute Gasteiger partial charge is 0.000600 e. The van der Waals surface area contributed by atoms with E-state index in [0.717, 1.165) is 19.0 Å². The van der Waals surface area contributed by atoms with Crippen molar-refractivity contribution in [1.82, 2.24) is 5.32 Å². The third-order valence-corrected chi connectivity index (χ3v) is 4.09. The quantitative estimate of drug-likeness (QED) is 0.625. The maximum atomic E-state index is 5.75. The summed E-state index contributed by atoms with van der Waals surface area (Å²) in [5, 5.41) is 3.56. The average molecular weight is 226 g/mol. The molecule has 0 amide bonds. The monoisotopic (exact) mass is 226 g/mol. The molecular weight excluding hydrogens is 196 g/mol. The van der Waals surface area contributed by atoms with Crippen LogP contribution in [0, 0.1) is 17.8 Å². The van der Waals surface area contributed by atoms with Crippen molar-refractivity contribution in [2.24, 2.45) is 23.5 Å². The van der Waals surface area contributed by atoms with Crippen molar-refractivity contribution >= 4 is 0 Å². The highest BCUT2D eigenvalue weighted by atomic mass is 14.9. The molecule has 0 saturated heterocycles. The van der Waals surface area contributed by atoms with Crippen LogP contribution in [0.25, 0.3) is 0 Å². The Morgan fingerprint density at radius 3 is 2.50 bits per heavy atom. The third-order valence-electron chi connectivity index (χ3n) is 4.09. The predicted molar refractivity (Wildman–Crippen MR) is 71.4 cm³/mol. The van der Waals surface area contributed by atoms with Crippen LogP contribution in [0.4, 0.5) is 0 Å². The summed E-state index contributed by atoms with van der Waals surface area (Å²) in [6.45, 7) is 7.61. The molecule has 0 heterocycles. The Morgan fingerprint density at radius 2 is 1.94 bits per heavy atom. The lowest BCUT2D eigenvalue weighted by Crippen LogP contribution is -2.32. The Kier molecular flexibility index (Phi) is 7.06. The van der Waals surface area contributed by atoms with Crippen molar-refractivity contribution in [2.75, 3.05) is 19.6 Å². The van der Waals surface area contributed by atoms with Gasteiger partial charge in [-0.2, -0.15) is 0 Å². The highest BCUT2D eigenvalue weighted by molar-refractivity contribution is 4.69. The Labute approximate surface area is 101 Å². The first-order chi connectivity index (χ1) is 7.74. The first kappa shape index (κ1) is 14.0. The van der Waals surface area contributed by atoms with Crippen LogP contribution in [-0.4, -0.2) is 19.6 Å². The second-order valence-electron chi connectivity index (χ2n) is 5.74. The van der Waals surface area contributed by atoms with Gasteiger partial charge < -0.3 is 11.1 Å². The van der Waals surface area contributed by atoms with Crippen LogP contribution in [0.2, 0.25) is 0 Å². The Balaban J connectivity index is 1.94. The molecule has 3 N–H and O–H groups in total. The standard InChI is InChI=1S/C14H30N2/c1-12(2)14(10-15)11-16-9-5-8-13-6-3-4-7-13/h12-14,16H,3-11,15H2,1-2H3. The van der Waals surface area contributed by atoms with E-state index >= 15 is 0 Å². The van der Waals surface area contributed by atoms with Gasteiger partial charge in [-0.25, -0.2) is 0 Å². The number of hydrogen-bond acceptors (Lipinski definition) is 2. The topological polar surface area (TPSA) is 38.0 Å². The zero-order valence-corrected chi connectivity index (χ0v) is 11.2. The van der Waals surface area contributed by atoms with E-state index in [4.69, 9.17) is 5.73 Å². The molecule has 0 radical (unpaired) electrons. The van der Waals surface area contributed by atoms with Crippen LogP contribution >= 0.6 is 0 Å². The average Bonchev–Trinajstić information content (AvgIpc) is 2.75. The second kappa shape index (κ2) is 8.08. The van der Waals surface area contributed by atoms with E-state index < -0.39 is 0 Å². The lowest BCUT2D eigenvalue weighted by Gasteiger charge is -2.19. The SMILES string of the molecule is CC(C)C(CN)CNCCCC1CCCC1. The summed E-state index contributed by atoms with van der Waals surface area (Å²) < 4.78 is 0. The molecule has 1 fully saturated rings. The third kappa shape index (κ3) is 5.31. The van der Waals surface area contributed by atoms with E-state index in [9.17, 15) is 0 Å². The molecule has 1 atom stereocenters. The minimum Gasteiger partial charge on any atom is -0.330 e. The van der Waals surface area contributed by atoms with E-state index in [0.29, 0.717) is 11.8 Å². The van der Waals surface area contributed by atoms with Crippen molar-refractivity contribution in [2.45, 2.75) is 52.4 Å². The van der Waals surface area contributed by atoms with E-state index in [-0.39, 0.29) is 0 Å². The molecule has 2 heteroatoms. The molecule has 2 nitrogen and oxygen atoms in total. The summed E-state index contributed by atoms with van der Waals surface area (Å²) >= 11 is 0. The van der Waals surface area contributed by atoms with Gasteiger partial charge in [-0.1, -0.05) is 39.5 Å². The Morgan fingerprint density at radius 1 is 1.25 bits per heavy atom. The van der Waals surface area contributed by atoms with Gasteiger partial charge in [-0.15, -0.1) is 0 Å². The van der Waals surface area contributed by atoms with E-state index in [2.05, 4.69) is 19.2 Å². The minimum atomic E-state index is 0.645. The maximum Gasteiger partial charge on any atom is -0.000600 e. The van der Waals surface area contributed by atoms with Crippen molar-refractivity contribution in [1.29, 1.82) is 0 Å². The molecule has 0 aromatic heterocycles. The van der Waals surface area contributed by atoms with Gasteiger partial charge in [-0.3, -0.25) is 0 Å². The van der Waals surface area contributed by atoms with Gasteiger partial charge in [0.2, 0.25) is 0 Å². The summed E-state index contributed by atoms with van der Waals surface area (Å²) in [4.78, 5) is 0. The summed E-state index contributed by atoms with van der Waals surface area (Å²) in [5.74, 6) is 2.39. The van der Waals surface area contributed by atoms with Crippen molar-refractivity contribution in [3.63, 3.8) is 0 Å². The molecule has 0 aromatic rings. The van der Waals surface area contributed by atoms with E-state index in [1.54, 1.807) is 0 Å². The number of nitrogens with two attached hydrogens (primary N) is 1. The molecule has 0 spiro atoms. The van der Waals surface area contributed by atoms with Gasteiger partial charge in [0.15, 0.2) is 0 Å². The summed E-state index contributed by atoms with van der Waals surface area (Å²) in [7, 11) is 0. The molecule has 96 valence electrons. The normalized spacial score (nSPS) is 19.5. The Hall–Kier alpha value is -0.0800. The first-order valence-corrected chi connectivity index (χ1v) is 7.14. The van der Waals surface area contributed by atoms with Crippen LogP contribution in [0.1, 0.15) is 52.4 Å². The van der Waals surface area contributed by atoms with Crippen molar-refractivity contribution in [3.05, 3.63) is 0 Å². The molecule has 1 rings (SSSR count). The van der Waals surface area contributed by atoms with E-state index in [1.807, 2.05) is 0 Å². The van der Waals surface area contributed by atoms with Gasteiger partial charge in [0.25, 0.3) is 0 Å². The minimum absolute atomic E-state index is 0.645. The molecular formula is C14H30N2. The molecule has 0 aliphatic heterocycles. The highest BCUT2D eigenvalue weighted by Crippen LogP contribution is 2.28. The van der Waals surface area contributed by atoms with Crippen LogP contribution < -0.4 is 11.1 Å². The summed E-state index contributed by atoms with van der Waals surface area (Å²) in [6, 6.07) is 0. The lowest BCUT2D eigenvalue weighted by molar-refractivity contribution is 0.365. The zero-order valence-electron chi connectivity index (χ0n) is 11.2. The van der Waals surface area contributed by atoms with Gasteiger partial charge in [-0.05, 0) is 50.2 Å². The molecule has 0 aromatic carbocycles. The fourth-order valence-electron chi connectivity index (χ4n) is 2.69. The Bertz CT molecular complexity index is 162. The van der Waals surface area contributed by atoms with Gasteiger partial charge >= 0.3 is 0 Å². The zero-order chi connectivity index (χ0) is 11.8. The lowest BCUT2D eigenvalue weighted by atomic mass is 9.96. The largest absolute Gasteiger partial charge is 0.330 e. The fraction of sp³-hybridized carbons (Fsp3) is 1.00. The maximum absolute atomic E-state index is 5.75. The summed E-state index contributed by atoms with van der Waals surface area (Å²) in [5.41, 5.74) is 5.75. The summed E-state index contributed by atoms with van der Waals surface area (Å²) in [6.07, 6.45) is 8.69. The highest BCUT2D eigenvalue weighted by Gasteiger charge is 2.14.